The largest absolute Gasteiger partial charge is 0.0995 e. The maximum absolute atomic E-state index is 4.35. The van der Waals surface area contributed by atoms with Crippen LogP contribution in [0.3, 0.4) is 0 Å². The Hall–Kier alpha value is -0.260. The van der Waals surface area contributed by atoms with Crippen molar-refractivity contribution in [3.05, 3.63) is 12.2 Å². The Bertz CT molecular complexity index is 299. The van der Waals surface area contributed by atoms with Crippen molar-refractivity contribution in [2.45, 2.75) is 46.5 Å². The van der Waals surface area contributed by atoms with Crippen molar-refractivity contribution >= 4 is 0 Å². The summed E-state index contributed by atoms with van der Waals surface area (Å²) in [6.07, 6.45) is 5.73. The van der Waals surface area contributed by atoms with Gasteiger partial charge < -0.3 is 0 Å². The first-order valence-corrected chi connectivity index (χ1v) is 6.73. The first-order chi connectivity index (χ1) is 7.05. The molecule has 0 radical (unpaired) electrons. The summed E-state index contributed by atoms with van der Waals surface area (Å²) in [5.41, 5.74) is 2.26. The lowest BCUT2D eigenvalue weighted by molar-refractivity contribution is -0.194. The predicted molar refractivity (Wildman–Crippen MR) is 64.5 cm³/mol. The second-order valence-corrected chi connectivity index (χ2v) is 6.81. The Morgan fingerprint density at radius 1 is 1.33 bits per heavy atom. The third-order valence-electron chi connectivity index (χ3n) is 5.99. The maximum Gasteiger partial charge on any atom is -0.0115 e. The van der Waals surface area contributed by atoms with Gasteiger partial charge in [0, 0.05) is 0 Å². The highest BCUT2D eigenvalue weighted by atomic mass is 14.7. The SMILES string of the molecule is C=C1CCC2C3C(C(C)C)CCC2(C)C13. The van der Waals surface area contributed by atoms with Crippen molar-refractivity contribution in [2.75, 3.05) is 0 Å². The van der Waals surface area contributed by atoms with Crippen LogP contribution in [0.1, 0.15) is 46.5 Å². The van der Waals surface area contributed by atoms with Crippen molar-refractivity contribution in [3.8, 4) is 0 Å². The van der Waals surface area contributed by atoms with Crippen LogP contribution in [0, 0.1) is 35.0 Å². The summed E-state index contributed by atoms with van der Waals surface area (Å²) in [5.74, 6) is 4.85. The van der Waals surface area contributed by atoms with Crippen LogP contribution in [0.25, 0.3) is 0 Å². The fourth-order valence-electron chi connectivity index (χ4n) is 5.32. The van der Waals surface area contributed by atoms with Crippen LogP contribution >= 0.6 is 0 Å². The first-order valence-electron chi connectivity index (χ1n) is 6.73. The van der Waals surface area contributed by atoms with Gasteiger partial charge in [0.15, 0.2) is 0 Å². The van der Waals surface area contributed by atoms with Crippen LogP contribution in [0.4, 0.5) is 0 Å². The Kier molecular flexibility index (Phi) is 1.92. The number of hydrogen-bond donors (Lipinski definition) is 0. The van der Waals surface area contributed by atoms with Crippen LogP contribution in [-0.2, 0) is 0 Å². The molecule has 4 aliphatic carbocycles. The fourth-order valence-corrected chi connectivity index (χ4v) is 5.32. The standard InChI is InChI=1S/C15H24/c1-9(2)11-7-8-15(4)12-6-5-10(3)14(15)13(11)12/h9,11-14H,3,5-8H2,1-2,4H3. The molecule has 0 aromatic heterocycles. The second kappa shape index (κ2) is 2.90. The Morgan fingerprint density at radius 3 is 2.67 bits per heavy atom. The van der Waals surface area contributed by atoms with Crippen molar-refractivity contribution in [1.82, 2.24) is 0 Å². The smallest absolute Gasteiger partial charge is 0.0115 e. The fraction of sp³-hybridized carbons (Fsp3) is 0.867. The van der Waals surface area contributed by atoms with Crippen molar-refractivity contribution < 1.29 is 0 Å². The molecule has 0 amide bonds. The highest BCUT2D eigenvalue weighted by Gasteiger charge is 2.65. The molecule has 0 aliphatic heterocycles. The van der Waals surface area contributed by atoms with E-state index < -0.39 is 0 Å². The van der Waals surface area contributed by atoms with E-state index in [4.69, 9.17) is 0 Å². The predicted octanol–water partition coefficient (Wildman–Crippen LogP) is 4.27. The van der Waals surface area contributed by atoms with E-state index in [1.54, 1.807) is 5.57 Å². The maximum atomic E-state index is 4.35. The summed E-state index contributed by atoms with van der Waals surface area (Å²) in [4.78, 5) is 0. The molecule has 4 rings (SSSR count). The third-order valence-corrected chi connectivity index (χ3v) is 5.99. The lowest BCUT2D eigenvalue weighted by atomic mass is 9.33. The van der Waals surface area contributed by atoms with Gasteiger partial charge in [-0.1, -0.05) is 32.9 Å². The van der Waals surface area contributed by atoms with E-state index in [9.17, 15) is 0 Å². The molecule has 4 aliphatic rings. The highest BCUT2D eigenvalue weighted by Crippen LogP contribution is 2.72. The molecule has 4 bridgehead atoms. The lowest BCUT2D eigenvalue weighted by Gasteiger charge is -2.71. The van der Waals surface area contributed by atoms with Gasteiger partial charge in [-0.15, -0.1) is 0 Å². The first kappa shape index (κ1) is 9.93. The Labute approximate surface area is 94.1 Å². The molecule has 84 valence electrons. The van der Waals surface area contributed by atoms with Gasteiger partial charge >= 0.3 is 0 Å². The summed E-state index contributed by atoms with van der Waals surface area (Å²) in [6, 6.07) is 0. The molecule has 4 fully saturated rings. The van der Waals surface area contributed by atoms with E-state index >= 15 is 0 Å². The summed E-state index contributed by atoms with van der Waals surface area (Å²) < 4.78 is 0. The zero-order valence-corrected chi connectivity index (χ0v) is 10.4. The zero-order chi connectivity index (χ0) is 10.8. The molecule has 5 atom stereocenters. The molecule has 4 saturated carbocycles. The van der Waals surface area contributed by atoms with Gasteiger partial charge in [0.2, 0.25) is 0 Å². The summed E-state index contributed by atoms with van der Waals surface area (Å²) >= 11 is 0. The summed E-state index contributed by atoms with van der Waals surface area (Å²) in [5, 5.41) is 0. The Morgan fingerprint density at radius 2 is 2.07 bits per heavy atom. The zero-order valence-electron chi connectivity index (χ0n) is 10.4. The lowest BCUT2D eigenvalue weighted by Crippen LogP contribution is -2.64. The van der Waals surface area contributed by atoms with Crippen LogP contribution in [0.2, 0.25) is 0 Å². The molecular weight excluding hydrogens is 180 g/mol. The van der Waals surface area contributed by atoms with Crippen molar-refractivity contribution in [3.63, 3.8) is 0 Å². The summed E-state index contributed by atoms with van der Waals surface area (Å²) in [7, 11) is 0. The minimum Gasteiger partial charge on any atom is -0.0995 e. The molecule has 0 N–H and O–H groups in total. The van der Waals surface area contributed by atoms with Crippen LogP contribution in [0.15, 0.2) is 12.2 Å². The van der Waals surface area contributed by atoms with Gasteiger partial charge in [-0.05, 0) is 60.7 Å². The Balaban J connectivity index is 1.93. The molecule has 5 unspecified atom stereocenters. The monoisotopic (exact) mass is 204 g/mol. The van der Waals surface area contributed by atoms with Crippen molar-refractivity contribution in [1.29, 1.82) is 0 Å². The average molecular weight is 204 g/mol. The minimum atomic E-state index is 0.672. The van der Waals surface area contributed by atoms with E-state index in [0.717, 1.165) is 29.6 Å². The van der Waals surface area contributed by atoms with Crippen LogP contribution in [0.5, 0.6) is 0 Å². The number of hydrogen-bond acceptors (Lipinski definition) is 0. The van der Waals surface area contributed by atoms with E-state index in [1.807, 2.05) is 0 Å². The molecule has 0 nitrogen and oxygen atoms in total. The molecule has 15 heavy (non-hydrogen) atoms. The normalized spacial score (nSPS) is 52.9. The van der Waals surface area contributed by atoms with Gasteiger partial charge in [-0.3, -0.25) is 0 Å². The van der Waals surface area contributed by atoms with Crippen molar-refractivity contribution in [2.24, 2.45) is 35.0 Å². The van der Waals surface area contributed by atoms with Crippen LogP contribution < -0.4 is 0 Å². The molecular formula is C15H24. The van der Waals surface area contributed by atoms with Gasteiger partial charge in [0.1, 0.15) is 0 Å². The van der Waals surface area contributed by atoms with Gasteiger partial charge in [0.25, 0.3) is 0 Å². The van der Waals surface area contributed by atoms with E-state index in [2.05, 4.69) is 27.4 Å². The van der Waals surface area contributed by atoms with E-state index in [-0.39, 0.29) is 0 Å². The number of allylic oxidation sites excluding steroid dienone is 1. The molecule has 0 spiro atoms. The highest BCUT2D eigenvalue weighted by molar-refractivity contribution is 5.26. The topological polar surface area (TPSA) is 0 Å². The van der Waals surface area contributed by atoms with Gasteiger partial charge in [-0.2, -0.15) is 0 Å². The molecule has 0 heteroatoms. The molecule has 0 aromatic rings. The number of rotatable bonds is 1. The van der Waals surface area contributed by atoms with E-state index in [0.29, 0.717) is 5.41 Å². The van der Waals surface area contributed by atoms with Crippen LogP contribution in [-0.4, -0.2) is 0 Å². The minimum absolute atomic E-state index is 0.672. The third kappa shape index (κ3) is 1.04. The van der Waals surface area contributed by atoms with Gasteiger partial charge in [0.05, 0.1) is 0 Å². The van der Waals surface area contributed by atoms with E-state index in [1.165, 1.54) is 25.7 Å². The molecule has 0 heterocycles. The number of fused-ring (bicyclic) bond motifs is 2. The average Bonchev–Trinajstić information content (AvgIpc) is 2.17. The molecule has 0 aromatic carbocycles. The quantitative estimate of drug-likeness (QED) is 0.559. The van der Waals surface area contributed by atoms with Gasteiger partial charge in [-0.25, -0.2) is 0 Å². The summed E-state index contributed by atoms with van der Waals surface area (Å²) in [6.45, 7) is 11.7. The second-order valence-electron chi connectivity index (χ2n) is 6.81. The molecule has 0 saturated heterocycles.